The Balaban J connectivity index is 1.74. The van der Waals surface area contributed by atoms with Crippen molar-refractivity contribution in [1.82, 2.24) is 0 Å². The van der Waals surface area contributed by atoms with Crippen LogP contribution in [0.5, 0.6) is 0 Å². The van der Waals surface area contributed by atoms with Crippen LogP contribution in [0.4, 0.5) is 0 Å². The van der Waals surface area contributed by atoms with E-state index in [4.69, 9.17) is 0 Å². The Morgan fingerprint density at radius 3 is 2.00 bits per heavy atom. The lowest BCUT2D eigenvalue weighted by Gasteiger charge is -2.67. The molecule has 22 heavy (non-hydrogen) atoms. The lowest BCUT2D eigenvalue weighted by Crippen LogP contribution is -2.60. The Bertz CT molecular complexity index is 465. The van der Waals surface area contributed by atoms with E-state index in [1.54, 1.807) is 0 Å². The van der Waals surface area contributed by atoms with Gasteiger partial charge in [-0.15, -0.1) is 0 Å². The van der Waals surface area contributed by atoms with Crippen molar-refractivity contribution in [2.45, 2.75) is 98.0 Å². The second kappa shape index (κ2) is 4.52. The van der Waals surface area contributed by atoms with Crippen LogP contribution < -0.4 is 0 Å². The van der Waals surface area contributed by atoms with E-state index >= 15 is 0 Å². The Morgan fingerprint density at radius 1 is 0.636 bits per heavy atom. The van der Waals surface area contributed by atoms with Crippen LogP contribution in [0.1, 0.15) is 91.9 Å². The summed E-state index contributed by atoms with van der Waals surface area (Å²) in [5, 5.41) is 10.7. The molecule has 4 fully saturated rings. The maximum absolute atomic E-state index is 10.7. The minimum absolute atomic E-state index is 0.0501. The zero-order valence-corrected chi connectivity index (χ0v) is 15.3. The smallest absolute Gasteiger partial charge is 0.0599 e. The topological polar surface area (TPSA) is 20.2 Å². The Hall–Kier alpha value is -0.0400. The minimum atomic E-state index is -0.0501. The fourth-order valence-corrected chi connectivity index (χ4v) is 7.98. The number of aliphatic hydroxyl groups excluding tert-OH is 1. The van der Waals surface area contributed by atoms with Crippen molar-refractivity contribution in [3.63, 3.8) is 0 Å². The summed E-state index contributed by atoms with van der Waals surface area (Å²) < 4.78 is 0. The molecule has 4 aliphatic carbocycles. The van der Waals surface area contributed by atoms with Crippen molar-refractivity contribution in [2.24, 2.45) is 33.5 Å². The zero-order chi connectivity index (χ0) is 15.8. The molecule has 0 spiro atoms. The number of hydrogen-bond donors (Lipinski definition) is 1. The van der Waals surface area contributed by atoms with E-state index in [1.807, 2.05) is 0 Å². The SMILES string of the molecule is C[C@]12CCCC[C@@]1(C)[C@@H]1CC[C@]3(C)[C@H](O)CC[C@@]3(C)[C@H]1CC2. The summed E-state index contributed by atoms with van der Waals surface area (Å²) in [4.78, 5) is 0. The number of hydrogen-bond acceptors (Lipinski definition) is 1. The maximum Gasteiger partial charge on any atom is 0.0599 e. The molecule has 126 valence electrons. The standard InChI is InChI=1S/C21H36O/c1-18-10-5-6-11-19(18,2)15-8-13-21(4)17(22)9-14-20(21,3)16(15)7-12-18/h15-17,22H,5-14H2,1-4H3/t15-,16+,17-,18-,19+,20+,21-/m1/s1. The highest BCUT2D eigenvalue weighted by Gasteiger charge is 2.66. The van der Waals surface area contributed by atoms with Gasteiger partial charge in [0.1, 0.15) is 0 Å². The molecule has 7 atom stereocenters. The normalized spacial score (nSPS) is 61.2. The second-order valence-corrected chi connectivity index (χ2v) is 10.4. The van der Waals surface area contributed by atoms with E-state index in [0.717, 1.165) is 18.3 Å². The minimum Gasteiger partial charge on any atom is -0.393 e. The van der Waals surface area contributed by atoms with Crippen LogP contribution in [0.15, 0.2) is 0 Å². The lowest BCUT2D eigenvalue weighted by atomic mass is 9.38. The van der Waals surface area contributed by atoms with Crippen LogP contribution in [0.2, 0.25) is 0 Å². The lowest BCUT2D eigenvalue weighted by molar-refractivity contribution is -0.189. The molecule has 1 N–H and O–H groups in total. The highest BCUT2D eigenvalue weighted by Crippen LogP contribution is 2.73. The molecule has 0 radical (unpaired) electrons. The third-order valence-corrected chi connectivity index (χ3v) is 10.1. The van der Waals surface area contributed by atoms with E-state index in [0.29, 0.717) is 16.2 Å². The first-order valence-electron chi connectivity index (χ1n) is 9.95. The molecular formula is C21H36O. The van der Waals surface area contributed by atoms with Gasteiger partial charge in [0.2, 0.25) is 0 Å². The van der Waals surface area contributed by atoms with Gasteiger partial charge < -0.3 is 5.11 Å². The van der Waals surface area contributed by atoms with E-state index in [2.05, 4.69) is 27.7 Å². The van der Waals surface area contributed by atoms with E-state index < -0.39 is 0 Å². The van der Waals surface area contributed by atoms with Gasteiger partial charge in [-0.05, 0) is 84.9 Å². The van der Waals surface area contributed by atoms with Gasteiger partial charge in [-0.25, -0.2) is 0 Å². The van der Waals surface area contributed by atoms with Gasteiger partial charge in [0.05, 0.1) is 6.10 Å². The van der Waals surface area contributed by atoms with Crippen LogP contribution >= 0.6 is 0 Å². The summed E-state index contributed by atoms with van der Waals surface area (Å²) in [7, 11) is 0. The van der Waals surface area contributed by atoms with Crippen molar-refractivity contribution in [3.05, 3.63) is 0 Å². The summed E-state index contributed by atoms with van der Waals surface area (Å²) >= 11 is 0. The van der Waals surface area contributed by atoms with Crippen molar-refractivity contribution in [1.29, 1.82) is 0 Å². The summed E-state index contributed by atoms with van der Waals surface area (Å²) in [6.45, 7) is 10.2. The average Bonchev–Trinajstić information content (AvgIpc) is 2.72. The maximum atomic E-state index is 10.7. The predicted octanol–water partition coefficient (Wildman–Crippen LogP) is 5.56. The van der Waals surface area contributed by atoms with Crippen molar-refractivity contribution >= 4 is 0 Å². The Morgan fingerprint density at radius 2 is 1.23 bits per heavy atom. The first-order valence-corrected chi connectivity index (χ1v) is 9.95. The van der Waals surface area contributed by atoms with Crippen LogP contribution in [-0.4, -0.2) is 11.2 Å². The quantitative estimate of drug-likeness (QED) is 0.621. The van der Waals surface area contributed by atoms with Gasteiger partial charge in [-0.2, -0.15) is 0 Å². The first-order chi connectivity index (χ1) is 10.3. The molecule has 0 heterocycles. The molecule has 0 amide bonds. The largest absolute Gasteiger partial charge is 0.393 e. The van der Waals surface area contributed by atoms with Crippen LogP contribution in [0.25, 0.3) is 0 Å². The van der Waals surface area contributed by atoms with Gasteiger partial charge in [-0.1, -0.05) is 40.5 Å². The molecule has 0 aromatic rings. The summed E-state index contributed by atoms with van der Waals surface area (Å²) in [6, 6.07) is 0. The Kier molecular flexibility index (Phi) is 3.18. The highest BCUT2D eigenvalue weighted by atomic mass is 16.3. The third kappa shape index (κ3) is 1.60. The van der Waals surface area contributed by atoms with Gasteiger partial charge in [0.25, 0.3) is 0 Å². The first kappa shape index (κ1) is 15.5. The van der Waals surface area contributed by atoms with Crippen LogP contribution in [0, 0.1) is 33.5 Å². The molecule has 0 aromatic heterocycles. The summed E-state index contributed by atoms with van der Waals surface area (Å²) in [5.41, 5.74) is 1.73. The molecule has 1 nitrogen and oxygen atoms in total. The van der Waals surface area contributed by atoms with Crippen molar-refractivity contribution < 1.29 is 5.11 Å². The molecule has 0 saturated heterocycles. The van der Waals surface area contributed by atoms with E-state index in [1.165, 1.54) is 57.8 Å². The fourth-order valence-electron chi connectivity index (χ4n) is 7.98. The van der Waals surface area contributed by atoms with Crippen LogP contribution in [0.3, 0.4) is 0 Å². The molecule has 0 aliphatic heterocycles. The number of rotatable bonds is 0. The van der Waals surface area contributed by atoms with Crippen molar-refractivity contribution in [3.8, 4) is 0 Å². The number of fused-ring (bicyclic) bond motifs is 5. The average molecular weight is 305 g/mol. The number of aliphatic hydroxyl groups is 1. The van der Waals surface area contributed by atoms with E-state index in [9.17, 15) is 5.11 Å². The molecule has 0 bridgehead atoms. The summed E-state index contributed by atoms with van der Waals surface area (Å²) in [5.74, 6) is 1.77. The monoisotopic (exact) mass is 304 g/mol. The third-order valence-electron chi connectivity index (χ3n) is 10.1. The van der Waals surface area contributed by atoms with Gasteiger partial charge in [0, 0.05) is 0 Å². The molecule has 4 rings (SSSR count). The predicted molar refractivity (Wildman–Crippen MR) is 91.6 cm³/mol. The van der Waals surface area contributed by atoms with Gasteiger partial charge in [0.15, 0.2) is 0 Å². The Labute approximate surface area is 137 Å². The fraction of sp³-hybridized carbons (Fsp3) is 1.00. The van der Waals surface area contributed by atoms with Gasteiger partial charge in [-0.3, -0.25) is 0 Å². The molecule has 4 saturated carbocycles. The molecule has 0 unspecified atom stereocenters. The zero-order valence-electron chi connectivity index (χ0n) is 15.3. The second-order valence-electron chi connectivity index (χ2n) is 10.4. The van der Waals surface area contributed by atoms with Crippen LogP contribution in [-0.2, 0) is 0 Å². The molecule has 0 aromatic carbocycles. The summed E-state index contributed by atoms with van der Waals surface area (Å²) in [6.07, 6.45) is 13.6. The molecule has 1 heteroatoms. The highest BCUT2D eigenvalue weighted by molar-refractivity contribution is 5.16. The van der Waals surface area contributed by atoms with Crippen molar-refractivity contribution in [2.75, 3.05) is 0 Å². The van der Waals surface area contributed by atoms with Gasteiger partial charge >= 0.3 is 0 Å². The van der Waals surface area contributed by atoms with E-state index in [-0.39, 0.29) is 11.5 Å². The molecule has 4 aliphatic rings. The molecular weight excluding hydrogens is 268 g/mol.